The number of pyridine rings is 1. The minimum atomic E-state index is -0.447. The lowest BCUT2D eigenvalue weighted by Gasteiger charge is -2.41. The van der Waals surface area contributed by atoms with E-state index in [1.54, 1.807) is 33.5 Å². The quantitative estimate of drug-likeness (QED) is 0.576. The Labute approximate surface area is 198 Å². The molecule has 1 aliphatic heterocycles. The van der Waals surface area contributed by atoms with E-state index in [0.717, 1.165) is 5.69 Å². The average Bonchev–Trinajstić information content (AvgIpc) is 2.83. The molecule has 1 saturated heterocycles. The number of aryl methyl sites for hydroxylation is 1. The molecule has 2 aromatic rings. The van der Waals surface area contributed by atoms with E-state index >= 15 is 0 Å². The van der Waals surface area contributed by atoms with Crippen LogP contribution in [0.4, 0.5) is 11.4 Å². The molecule has 3 rings (SSSR count). The summed E-state index contributed by atoms with van der Waals surface area (Å²) in [6.45, 7) is 4.93. The van der Waals surface area contributed by atoms with Gasteiger partial charge in [0.25, 0.3) is 0 Å². The zero-order chi connectivity index (χ0) is 24.1. The van der Waals surface area contributed by atoms with Gasteiger partial charge in [0.15, 0.2) is 5.78 Å². The fraction of sp³-hybridized carbons (Fsp3) is 0.435. The summed E-state index contributed by atoms with van der Waals surface area (Å²) >= 11 is 1.18. The number of piperazine rings is 1. The Morgan fingerprint density at radius 3 is 2.27 bits per heavy atom. The molecule has 0 bridgehead atoms. The van der Waals surface area contributed by atoms with Crippen molar-refractivity contribution in [3.8, 4) is 17.4 Å². The molecule has 1 unspecified atom stereocenters. The van der Waals surface area contributed by atoms with Crippen LogP contribution in [0.15, 0.2) is 24.3 Å². The molecule has 1 aromatic heterocycles. The summed E-state index contributed by atoms with van der Waals surface area (Å²) in [6.07, 6.45) is 1.77. The molecule has 1 aromatic carbocycles. The number of carbonyl (C=O) groups excluding carboxylic acids is 2. The number of rotatable bonds is 8. The van der Waals surface area contributed by atoms with Crippen molar-refractivity contribution in [3.63, 3.8) is 0 Å². The third kappa shape index (κ3) is 5.51. The fourth-order valence-electron chi connectivity index (χ4n) is 3.79. The van der Waals surface area contributed by atoms with E-state index in [-0.39, 0.29) is 10.9 Å². The van der Waals surface area contributed by atoms with Crippen molar-refractivity contribution in [2.24, 2.45) is 0 Å². The second kappa shape index (κ2) is 10.8. The van der Waals surface area contributed by atoms with Crippen LogP contribution in [0.1, 0.15) is 23.0 Å². The van der Waals surface area contributed by atoms with Crippen LogP contribution >= 0.6 is 11.8 Å². The first-order valence-electron chi connectivity index (χ1n) is 10.5. The van der Waals surface area contributed by atoms with Gasteiger partial charge in [-0.2, -0.15) is 0 Å². The van der Waals surface area contributed by atoms with E-state index in [1.165, 1.54) is 25.8 Å². The normalized spacial score (nSPS) is 16.3. The zero-order valence-corrected chi connectivity index (χ0v) is 20.6. The van der Waals surface area contributed by atoms with Gasteiger partial charge in [0.05, 0.1) is 27.0 Å². The molecule has 178 valence electrons. The Kier molecular flexibility index (Phi) is 8.04. The number of ether oxygens (including phenoxy) is 3. The van der Waals surface area contributed by atoms with Gasteiger partial charge in [0, 0.05) is 49.1 Å². The molecule has 0 spiro atoms. The Balaban J connectivity index is 1.89. The molecule has 9 nitrogen and oxygen atoms in total. The topological polar surface area (TPSA) is 93.2 Å². The molecule has 0 radical (unpaired) electrons. The summed E-state index contributed by atoms with van der Waals surface area (Å²) in [5.41, 5.74) is 5.85. The highest BCUT2D eigenvalue weighted by atomic mass is 32.2. The minimum Gasteiger partial charge on any atom is -0.497 e. The van der Waals surface area contributed by atoms with Crippen LogP contribution in [0.2, 0.25) is 0 Å². The highest BCUT2D eigenvalue weighted by Crippen LogP contribution is 2.32. The summed E-state index contributed by atoms with van der Waals surface area (Å²) in [6, 6.07) is 6.95. The number of methoxy groups -OCH3 is 3. The lowest BCUT2D eigenvalue weighted by Crippen LogP contribution is -2.58. The van der Waals surface area contributed by atoms with Crippen molar-refractivity contribution in [2.75, 3.05) is 57.5 Å². The number of aromatic nitrogens is 1. The first-order valence-corrected chi connectivity index (χ1v) is 11.7. The summed E-state index contributed by atoms with van der Waals surface area (Å²) in [5.74, 6) is 1.65. The molecule has 0 amide bonds. The van der Waals surface area contributed by atoms with E-state index < -0.39 is 6.04 Å². The van der Waals surface area contributed by atoms with E-state index in [2.05, 4.69) is 15.3 Å². The Hall–Kier alpha value is -2.98. The number of carbonyl (C=O) groups is 2. The van der Waals surface area contributed by atoms with Crippen molar-refractivity contribution in [1.82, 2.24) is 9.99 Å². The van der Waals surface area contributed by atoms with Gasteiger partial charge in [0.1, 0.15) is 23.2 Å². The van der Waals surface area contributed by atoms with Crippen LogP contribution in [0.25, 0.3) is 0 Å². The van der Waals surface area contributed by atoms with E-state index in [9.17, 15) is 9.59 Å². The number of thioether (sulfide) groups is 1. The van der Waals surface area contributed by atoms with Gasteiger partial charge >= 0.3 is 0 Å². The number of Topliss-reactive ketones (excluding diaryl/α,β-unsaturated/α-hetero) is 1. The predicted octanol–water partition coefficient (Wildman–Crippen LogP) is 3.03. The largest absolute Gasteiger partial charge is 0.497 e. The highest BCUT2D eigenvalue weighted by Gasteiger charge is 2.33. The summed E-state index contributed by atoms with van der Waals surface area (Å²) in [7, 11) is 4.75. The van der Waals surface area contributed by atoms with E-state index in [1.807, 2.05) is 23.2 Å². The molecule has 1 aliphatic rings. The second-order valence-corrected chi connectivity index (χ2v) is 8.41. The maximum absolute atomic E-state index is 12.9. The monoisotopic (exact) mass is 474 g/mol. The standard InChI is InChI=1S/C23H30N4O5S/c1-14-19(15(2)28)12-20(22(24-14)32-5)25-27-8-7-26(13-21(27)23(29)33-6)16-9-17(30-3)11-18(10-16)31-4/h9-12,21,25H,7-8,13H2,1-6H3. The van der Waals surface area contributed by atoms with Gasteiger partial charge < -0.3 is 24.5 Å². The summed E-state index contributed by atoms with van der Waals surface area (Å²) < 4.78 is 16.2. The van der Waals surface area contributed by atoms with E-state index in [0.29, 0.717) is 54.0 Å². The van der Waals surface area contributed by atoms with Crippen LogP contribution in [0.5, 0.6) is 17.4 Å². The number of benzene rings is 1. The van der Waals surface area contributed by atoms with Crippen molar-refractivity contribution in [3.05, 3.63) is 35.5 Å². The Morgan fingerprint density at radius 2 is 1.73 bits per heavy atom. The molecular weight excluding hydrogens is 444 g/mol. The van der Waals surface area contributed by atoms with Gasteiger partial charge in [-0.15, -0.1) is 0 Å². The van der Waals surface area contributed by atoms with Gasteiger partial charge in [-0.25, -0.2) is 9.99 Å². The third-order valence-corrected chi connectivity index (χ3v) is 6.24. The SMILES string of the molecule is COc1cc(OC)cc(N2CCN(Nc3cc(C(C)=O)c(C)nc3OC)C(C(=O)SC)C2)c1. The maximum Gasteiger partial charge on any atom is 0.238 e. The maximum atomic E-state index is 12.9. The molecular formula is C23H30N4O5S. The lowest BCUT2D eigenvalue weighted by molar-refractivity contribution is -0.115. The number of ketones is 1. The van der Waals surface area contributed by atoms with Crippen molar-refractivity contribution >= 4 is 34.0 Å². The molecule has 33 heavy (non-hydrogen) atoms. The zero-order valence-electron chi connectivity index (χ0n) is 19.8. The molecule has 0 aliphatic carbocycles. The molecule has 1 N–H and O–H groups in total. The third-order valence-electron chi connectivity index (χ3n) is 5.57. The molecule has 2 heterocycles. The van der Waals surface area contributed by atoms with Crippen molar-refractivity contribution in [2.45, 2.75) is 19.9 Å². The van der Waals surface area contributed by atoms with Gasteiger partial charge in [-0.05, 0) is 26.2 Å². The lowest BCUT2D eigenvalue weighted by atomic mass is 10.1. The molecule has 1 atom stereocenters. The highest BCUT2D eigenvalue weighted by molar-refractivity contribution is 8.13. The minimum absolute atomic E-state index is 0.0212. The fourth-order valence-corrected chi connectivity index (χ4v) is 4.27. The van der Waals surface area contributed by atoms with Gasteiger partial charge in [-0.3, -0.25) is 9.59 Å². The van der Waals surface area contributed by atoms with E-state index in [4.69, 9.17) is 14.2 Å². The van der Waals surface area contributed by atoms with Crippen LogP contribution in [0, 0.1) is 6.92 Å². The second-order valence-electron chi connectivity index (χ2n) is 7.60. The number of hydrogen-bond acceptors (Lipinski definition) is 10. The van der Waals surface area contributed by atoms with Crippen molar-refractivity contribution in [1.29, 1.82) is 0 Å². The molecule has 0 saturated carbocycles. The van der Waals surface area contributed by atoms with Crippen LogP contribution in [-0.2, 0) is 4.79 Å². The van der Waals surface area contributed by atoms with Gasteiger partial charge in [-0.1, -0.05) is 11.8 Å². The first kappa shape index (κ1) is 24.7. The number of hydrogen-bond donors (Lipinski definition) is 1. The van der Waals surface area contributed by atoms with Crippen LogP contribution in [0.3, 0.4) is 0 Å². The Morgan fingerprint density at radius 1 is 1.06 bits per heavy atom. The van der Waals surface area contributed by atoms with Crippen LogP contribution in [-0.4, -0.2) is 74.2 Å². The summed E-state index contributed by atoms with van der Waals surface area (Å²) in [5, 5.41) is 1.90. The van der Waals surface area contributed by atoms with Gasteiger partial charge in [0.2, 0.25) is 11.0 Å². The smallest absolute Gasteiger partial charge is 0.238 e. The van der Waals surface area contributed by atoms with Crippen molar-refractivity contribution < 1.29 is 23.8 Å². The molecule has 10 heteroatoms. The van der Waals surface area contributed by atoms with Crippen LogP contribution < -0.4 is 24.5 Å². The average molecular weight is 475 g/mol. The first-order chi connectivity index (χ1) is 15.8. The number of anilines is 2. The Bertz CT molecular complexity index is 1010. The number of nitrogens with one attached hydrogen (secondary N) is 1. The predicted molar refractivity (Wildman–Crippen MR) is 130 cm³/mol. The number of hydrazine groups is 1. The summed E-state index contributed by atoms with van der Waals surface area (Å²) in [4.78, 5) is 31.4. The number of nitrogens with zero attached hydrogens (tertiary/aromatic N) is 3. The molecule has 1 fully saturated rings.